The molecule has 1 aliphatic rings. The van der Waals surface area contributed by atoms with E-state index in [0.29, 0.717) is 0 Å². The van der Waals surface area contributed by atoms with Gasteiger partial charge in [0, 0.05) is 0 Å². The van der Waals surface area contributed by atoms with E-state index >= 15 is 0 Å². The van der Waals surface area contributed by atoms with Crippen molar-refractivity contribution in [3.05, 3.63) is 22.1 Å². The van der Waals surface area contributed by atoms with E-state index < -0.39 is 0 Å². The standard InChI is InChI=1S/C5H5.C2H3Cl2.Ti/c1-2-4-5-3-1;1-2(3)4;/h1-3H,4H2;2H,1H2;. The van der Waals surface area contributed by atoms with E-state index in [9.17, 15) is 0 Å². The zero-order chi connectivity index (χ0) is 7.40. The summed E-state index contributed by atoms with van der Waals surface area (Å²) in [6.07, 6.45) is 7.61. The van der Waals surface area contributed by atoms with E-state index in [1.165, 1.54) is 0 Å². The van der Waals surface area contributed by atoms with Gasteiger partial charge in [0.25, 0.3) is 0 Å². The molecule has 0 radical (unpaired) electrons. The Morgan fingerprint density at radius 2 is 2.40 bits per heavy atom. The predicted octanol–water partition coefficient (Wildman–Crippen LogP) is 3.13. The SMILES string of the molecule is ClC(Cl)[CH2][Ti][C]1=CC=CC1. The second kappa shape index (κ2) is 4.61. The molecule has 1 rings (SSSR count). The van der Waals surface area contributed by atoms with Crippen molar-refractivity contribution in [3.8, 4) is 0 Å². The number of hydrogen-bond donors (Lipinski definition) is 0. The number of allylic oxidation sites excluding steroid dienone is 4. The second-order valence-electron chi connectivity index (χ2n) is 2.10. The fourth-order valence-electron chi connectivity index (χ4n) is 0.787. The third-order valence-electron chi connectivity index (χ3n) is 1.25. The summed E-state index contributed by atoms with van der Waals surface area (Å²) in [6, 6.07) is 0. The molecule has 54 valence electrons. The van der Waals surface area contributed by atoms with Gasteiger partial charge in [0.15, 0.2) is 0 Å². The monoisotopic (exact) mass is 210 g/mol. The molecule has 0 aliphatic heterocycles. The summed E-state index contributed by atoms with van der Waals surface area (Å²) in [6.45, 7) is 0. The molecular formula is C7H8Cl2Ti. The van der Waals surface area contributed by atoms with Crippen LogP contribution in [0.5, 0.6) is 0 Å². The van der Waals surface area contributed by atoms with E-state index in [0.717, 1.165) is 11.1 Å². The minimum atomic E-state index is -0.151. The molecule has 0 aromatic carbocycles. The van der Waals surface area contributed by atoms with Gasteiger partial charge in [-0.2, -0.15) is 0 Å². The van der Waals surface area contributed by atoms with E-state index in [-0.39, 0.29) is 24.0 Å². The number of hydrogen-bond acceptors (Lipinski definition) is 0. The van der Waals surface area contributed by atoms with Crippen LogP contribution in [0.15, 0.2) is 22.1 Å². The van der Waals surface area contributed by atoms with Crippen LogP contribution in [0.3, 0.4) is 0 Å². The first kappa shape index (κ1) is 8.87. The number of alkyl halides is 2. The van der Waals surface area contributed by atoms with E-state index in [2.05, 4.69) is 18.2 Å². The molecule has 0 aromatic rings. The Bertz CT molecular complexity index is 161. The molecule has 0 saturated heterocycles. The van der Waals surface area contributed by atoms with Crippen molar-refractivity contribution < 1.29 is 19.2 Å². The fraction of sp³-hybridized carbons (Fsp3) is 0.429. The van der Waals surface area contributed by atoms with Gasteiger partial charge in [-0.1, -0.05) is 0 Å². The zero-order valence-corrected chi connectivity index (χ0v) is 8.55. The molecule has 0 heterocycles. The Morgan fingerprint density at radius 1 is 1.60 bits per heavy atom. The molecule has 0 N–H and O–H groups in total. The van der Waals surface area contributed by atoms with E-state index in [1.807, 2.05) is 0 Å². The van der Waals surface area contributed by atoms with Crippen molar-refractivity contribution in [1.82, 2.24) is 0 Å². The van der Waals surface area contributed by atoms with Crippen LogP contribution in [0, 0.1) is 0 Å². The van der Waals surface area contributed by atoms with Crippen LogP contribution in [-0.4, -0.2) is 4.84 Å². The Kier molecular flexibility index (Phi) is 4.09. The van der Waals surface area contributed by atoms with Gasteiger partial charge < -0.3 is 0 Å². The van der Waals surface area contributed by atoms with Crippen molar-refractivity contribution in [1.29, 1.82) is 0 Å². The summed E-state index contributed by atoms with van der Waals surface area (Å²) in [4.78, 5) is -0.151. The minimum absolute atomic E-state index is 0.00926. The van der Waals surface area contributed by atoms with E-state index in [4.69, 9.17) is 23.2 Å². The first-order valence-electron chi connectivity index (χ1n) is 3.17. The molecule has 0 nitrogen and oxygen atoms in total. The molecule has 0 saturated carbocycles. The quantitative estimate of drug-likeness (QED) is 0.496. The zero-order valence-electron chi connectivity index (χ0n) is 5.48. The van der Waals surface area contributed by atoms with Gasteiger partial charge in [0.1, 0.15) is 0 Å². The van der Waals surface area contributed by atoms with Crippen LogP contribution in [0.4, 0.5) is 0 Å². The van der Waals surface area contributed by atoms with Crippen LogP contribution in [0.2, 0.25) is 4.73 Å². The third-order valence-corrected chi connectivity index (χ3v) is 4.62. The van der Waals surface area contributed by atoms with E-state index in [1.54, 1.807) is 3.88 Å². The van der Waals surface area contributed by atoms with Crippen molar-refractivity contribution in [2.45, 2.75) is 16.0 Å². The Hall–Kier alpha value is 0.774. The third kappa shape index (κ3) is 3.25. The first-order chi connectivity index (χ1) is 4.79. The van der Waals surface area contributed by atoms with Crippen LogP contribution in [-0.2, 0) is 19.2 Å². The summed E-state index contributed by atoms with van der Waals surface area (Å²) in [5, 5.41) is 0. The van der Waals surface area contributed by atoms with Crippen LogP contribution < -0.4 is 0 Å². The molecule has 0 amide bonds. The van der Waals surface area contributed by atoms with Crippen molar-refractivity contribution in [2.24, 2.45) is 0 Å². The molecular weight excluding hydrogens is 203 g/mol. The molecule has 0 bridgehead atoms. The van der Waals surface area contributed by atoms with Crippen molar-refractivity contribution in [3.63, 3.8) is 0 Å². The number of halogens is 2. The van der Waals surface area contributed by atoms with Gasteiger partial charge in [0.05, 0.1) is 0 Å². The maximum atomic E-state index is 5.61. The summed E-state index contributed by atoms with van der Waals surface area (Å²) < 4.78 is 2.56. The Labute approximate surface area is 80.2 Å². The average molecular weight is 211 g/mol. The van der Waals surface area contributed by atoms with Gasteiger partial charge in [-0.25, -0.2) is 0 Å². The van der Waals surface area contributed by atoms with Gasteiger partial charge in [-0.05, 0) is 0 Å². The summed E-state index contributed by atoms with van der Waals surface area (Å²) in [7, 11) is 0. The van der Waals surface area contributed by atoms with Crippen molar-refractivity contribution >= 4 is 23.2 Å². The molecule has 0 aromatic heterocycles. The topological polar surface area (TPSA) is 0 Å². The van der Waals surface area contributed by atoms with Crippen LogP contribution in [0.1, 0.15) is 6.42 Å². The first-order valence-corrected chi connectivity index (χ1v) is 5.92. The second-order valence-corrected chi connectivity index (χ2v) is 5.57. The van der Waals surface area contributed by atoms with Gasteiger partial charge in [-0.3, -0.25) is 0 Å². The molecule has 0 fully saturated rings. The molecule has 10 heavy (non-hydrogen) atoms. The molecule has 0 unspecified atom stereocenters. The Morgan fingerprint density at radius 3 is 2.90 bits per heavy atom. The van der Waals surface area contributed by atoms with Gasteiger partial charge in [0.2, 0.25) is 0 Å². The van der Waals surface area contributed by atoms with Crippen LogP contribution >= 0.6 is 23.2 Å². The summed E-state index contributed by atoms with van der Waals surface area (Å²) in [5.41, 5.74) is 0. The maximum absolute atomic E-state index is 5.61. The number of rotatable bonds is 3. The fourth-order valence-corrected chi connectivity index (χ4v) is 2.82. The van der Waals surface area contributed by atoms with Gasteiger partial charge >= 0.3 is 80.4 Å². The molecule has 1 aliphatic carbocycles. The van der Waals surface area contributed by atoms with Gasteiger partial charge in [-0.15, -0.1) is 0 Å². The predicted molar refractivity (Wildman–Crippen MR) is 42.1 cm³/mol. The normalized spacial score (nSPS) is 16.1. The van der Waals surface area contributed by atoms with Crippen molar-refractivity contribution in [2.75, 3.05) is 0 Å². The Balaban J connectivity index is 2.15. The average Bonchev–Trinajstić information content (AvgIpc) is 2.34. The molecule has 0 atom stereocenters. The molecule has 0 spiro atoms. The summed E-state index contributed by atoms with van der Waals surface area (Å²) >= 11 is 11.2. The van der Waals surface area contributed by atoms with Crippen LogP contribution in [0.25, 0.3) is 0 Å². The molecule has 3 heteroatoms. The summed E-state index contributed by atoms with van der Waals surface area (Å²) in [5.74, 6) is 0.